The predicted molar refractivity (Wildman–Crippen MR) is 86.4 cm³/mol. The van der Waals surface area contributed by atoms with Gasteiger partial charge in [-0.25, -0.2) is 13.1 Å². The molecule has 7 heteroatoms. The van der Waals surface area contributed by atoms with Crippen LogP contribution in [0, 0.1) is 5.92 Å². The molecule has 21 heavy (non-hydrogen) atoms. The van der Waals surface area contributed by atoms with E-state index in [2.05, 4.69) is 10.0 Å². The van der Waals surface area contributed by atoms with Crippen molar-refractivity contribution in [3.05, 3.63) is 27.7 Å². The van der Waals surface area contributed by atoms with Crippen LogP contribution >= 0.6 is 23.2 Å². The van der Waals surface area contributed by atoms with Gasteiger partial charge in [0.25, 0.3) is 0 Å². The summed E-state index contributed by atoms with van der Waals surface area (Å²) in [7, 11) is -3.63. The molecular weight excluding hydrogens is 331 g/mol. The first kappa shape index (κ1) is 17.0. The van der Waals surface area contributed by atoms with Gasteiger partial charge in [0, 0.05) is 18.1 Å². The molecule has 4 nitrogen and oxygen atoms in total. The van der Waals surface area contributed by atoms with E-state index in [9.17, 15) is 8.42 Å². The van der Waals surface area contributed by atoms with Crippen LogP contribution in [-0.4, -0.2) is 21.5 Å². The Labute approximate surface area is 136 Å². The maximum Gasteiger partial charge on any atom is 0.242 e. The quantitative estimate of drug-likeness (QED) is 0.793. The number of rotatable bonds is 7. The van der Waals surface area contributed by atoms with Gasteiger partial charge in [0.1, 0.15) is 4.90 Å². The zero-order valence-corrected chi connectivity index (χ0v) is 14.3. The van der Waals surface area contributed by atoms with E-state index in [1.54, 1.807) is 6.07 Å². The van der Waals surface area contributed by atoms with Gasteiger partial charge >= 0.3 is 0 Å². The number of hydrogen-bond acceptors (Lipinski definition) is 3. The second-order valence-corrected chi connectivity index (χ2v) is 7.86. The lowest BCUT2D eigenvalue weighted by Crippen LogP contribution is -2.32. The predicted octanol–water partition coefficient (Wildman–Crippen LogP) is 3.18. The van der Waals surface area contributed by atoms with E-state index in [1.807, 2.05) is 6.92 Å². The van der Waals surface area contributed by atoms with Crippen molar-refractivity contribution in [2.24, 2.45) is 5.92 Å². The molecule has 1 aromatic rings. The van der Waals surface area contributed by atoms with Crippen LogP contribution in [-0.2, 0) is 16.6 Å². The fourth-order valence-electron chi connectivity index (χ4n) is 2.20. The van der Waals surface area contributed by atoms with E-state index in [4.69, 9.17) is 23.2 Å². The Kier molecular flexibility index (Phi) is 5.91. The zero-order chi connectivity index (χ0) is 15.5. The number of sulfonamides is 1. The van der Waals surface area contributed by atoms with Crippen LogP contribution in [0.15, 0.2) is 17.0 Å². The van der Waals surface area contributed by atoms with E-state index < -0.39 is 10.0 Å². The molecule has 0 radical (unpaired) electrons. The van der Waals surface area contributed by atoms with Crippen LogP contribution in [0.25, 0.3) is 0 Å². The minimum absolute atomic E-state index is 0.0592. The molecule has 1 fully saturated rings. The number of hydrogen-bond donors (Lipinski definition) is 2. The van der Waals surface area contributed by atoms with Gasteiger partial charge in [0.2, 0.25) is 10.0 Å². The largest absolute Gasteiger partial charge is 0.313 e. The van der Waals surface area contributed by atoms with Gasteiger partial charge in [-0.1, -0.05) is 36.5 Å². The third-order valence-electron chi connectivity index (χ3n) is 3.72. The van der Waals surface area contributed by atoms with Gasteiger partial charge in [-0.05, 0) is 43.0 Å². The number of nitrogens with one attached hydrogen (secondary N) is 2. The van der Waals surface area contributed by atoms with E-state index >= 15 is 0 Å². The molecule has 0 bridgehead atoms. The summed E-state index contributed by atoms with van der Waals surface area (Å²) in [6, 6.07) is 3.10. The van der Waals surface area contributed by atoms with Crippen molar-refractivity contribution >= 4 is 33.2 Å². The Morgan fingerprint density at radius 2 is 2.00 bits per heavy atom. The van der Waals surface area contributed by atoms with E-state index in [-0.39, 0.29) is 9.92 Å². The molecule has 0 spiro atoms. The summed E-state index contributed by atoms with van der Waals surface area (Å²) in [4.78, 5) is 0.0592. The first-order valence-electron chi connectivity index (χ1n) is 7.12. The second-order valence-electron chi connectivity index (χ2n) is 5.31. The monoisotopic (exact) mass is 350 g/mol. The Morgan fingerprint density at radius 1 is 1.29 bits per heavy atom. The molecule has 1 aliphatic carbocycles. The molecular formula is C14H20Cl2N2O2S. The molecule has 2 rings (SSSR count). The third-order valence-corrected chi connectivity index (χ3v) is 5.95. The molecule has 118 valence electrons. The zero-order valence-electron chi connectivity index (χ0n) is 12.0. The third kappa shape index (κ3) is 4.33. The summed E-state index contributed by atoms with van der Waals surface area (Å²) in [6.45, 7) is 3.69. The lowest BCUT2D eigenvalue weighted by molar-refractivity contribution is 0.316. The topological polar surface area (TPSA) is 58.2 Å². The standard InChI is InChI=1S/C14H20Cl2N2O2S/c1-2-17-9-11-6-12(15)7-13(14(11)16)21(19,20)18-8-10-4-3-5-10/h6-7,10,17-18H,2-5,8-9H2,1H3. The SMILES string of the molecule is CCNCc1cc(Cl)cc(S(=O)(=O)NCC2CCC2)c1Cl. The molecule has 1 saturated carbocycles. The van der Waals surface area contributed by atoms with Crippen molar-refractivity contribution in [1.29, 1.82) is 0 Å². The summed E-state index contributed by atoms with van der Waals surface area (Å²) < 4.78 is 27.4. The van der Waals surface area contributed by atoms with Crippen molar-refractivity contribution in [2.45, 2.75) is 37.6 Å². The van der Waals surface area contributed by atoms with Crippen LogP contribution in [0.3, 0.4) is 0 Å². The van der Waals surface area contributed by atoms with Crippen molar-refractivity contribution in [2.75, 3.05) is 13.1 Å². The summed E-state index contributed by atoms with van der Waals surface area (Å²) in [5.41, 5.74) is 0.690. The second kappa shape index (κ2) is 7.29. The highest BCUT2D eigenvalue weighted by Gasteiger charge is 2.24. The van der Waals surface area contributed by atoms with Gasteiger partial charge in [0.05, 0.1) is 5.02 Å². The van der Waals surface area contributed by atoms with E-state index in [1.165, 1.54) is 12.5 Å². The van der Waals surface area contributed by atoms with E-state index in [0.717, 1.165) is 19.4 Å². The smallest absolute Gasteiger partial charge is 0.242 e. The van der Waals surface area contributed by atoms with Crippen molar-refractivity contribution in [3.8, 4) is 0 Å². The minimum atomic E-state index is -3.63. The van der Waals surface area contributed by atoms with Crippen molar-refractivity contribution < 1.29 is 8.42 Å². The Morgan fingerprint density at radius 3 is 2.57 bits per heavy atom. The molecule has 0 heterocycles. The molecule has 0 aliphatic heterocycles. The van der Waals surface area contributed by atoms with E-state index in [0.29, 0.717) is 29.6 Å². The first-order chi connectivity index (χ1) is 9.94. The Hall–Kier alpha value is -0.330. The maximum atomic E-state index is 12.4. The van der Waals surface area contributed by atoms with Crippen LogP contribution < -0.4 is 10.0 Å². The average Bonchev–Trinajstić information content (AvgIpc) is 2.37. The molecule has 1 aliphatic rings. The van der Waals surface area contributed by atoms with Gasteiger partial charge in [-0.3, -0.25) is 0 Å². The lowest BCUT2D eigenvalue weighted by Gasteiger charge is -2.25. The van der Waals surface area contributed by atoms with Gasteiger partial charge in [-0.15, -0.1) is 0 Å². The van der Waals surface area contributed by atoms with Crippen LogP contribution in [0.5, 0.6) is 0 Å². The van der Waals surface area contributed by atoms with Crippen molar-refractivity contribution in [3.63, 3.8) is 0 Å². The Balaban J connectivity index is 2.21. The number of halogens is 2. The molecule has 0 amide bonds. The fourth-order valence-corrected chi connectivity index (χ4v) is 4.25. The van der Waals surface area contributed by atoms with Crippen molar-refractivity contribution in [1.82, 2.24) is 10.0 Å². The maximum absolute atomic E-state index is 12.4. The summed E-state index contributed by atoms with van der Waals surface area (Å²) in [5.74, 6) is 0.443. The van der Waals surface area contributed by atoms with Crippen LogP contribution in [0.1, 0.15) is 31.7 Å². The molecule has 0 atom stereocenters. The highest BCUT2D eigenvalue weighted by molar-refractivity contribution is 7.89. The van der Waals surface area contributed by atoms with Crippen LogP contribution in [0.4, 0.5) is 0 Å². The molecule has 0 saturated heterocycles. The highest BCUT2D eigenvalue weighted by Crippen LogP contribution is 2.30. The molecule has 0 aromatic heterocycles. The van der Waals surface area contributed by atoms with Gasteiger partial charge in [-0.2, -0.15) is 0 Å². The highest BCUT2D eigenvalue weighted by atomic mass is 35.5. The molecule has 1 aromatic carbocycles. The van der Waals surface area contributed by atoms with Gasteiger partial charge in [0.15, 0.2) is 0 Å². The normalized spacial score (nSPS) is 16.0. The lowest BCUT2D eigenvalue weighted by atomic mass is 9.86. The molecule has 2 N–H and O–H groups in total. The average molecular weight is 351 g/mol. The summed E-state index contributed by atoms with van der Waals surface area (Å²) in [5, 5.41) is 3.73. The fraction of sp³-hybridized carbons (Fsp3) is 0.571. The number of benzene rings is 1. The first-order valence-corrected chi connectivity index (χ1v) is 9.36. The summed E-state index contributed by atoms with van der Waals surface area (Å²) in [6.07, 6.45) is 3.34. The molecule has 0 unspecified atom stereocenters. The minimum Gasteiger partial charge on any atom is -0.313 e. The van der Waals surface area contributed by atoms with Gasteiger partial charge < -0.3 is 5.32 Å². The summed E-state index contributed by atoms with van der Waals surface area (Å²) >= 11 is 12.3. The Bertz CT molecular complexity index is 601. The van der Waals surface area contributed by atoms with Crippen LogP contribution in [0.2, 0.25) is 10.0 Å².